The first-order valence-electron chi connectivity index (χ1n) is 5.67. The van der Waals surface area contributed by atoms with Crippen LogP contribution in [0.2, 0.25) is 0 Å². The quantitative estimate of drug-likeness (QED) is 0.773. The zero-order valence-electron chi connectivity index (χ0n) is 10.1. The van der Waals surface area contributed by atoms with E-state index in [1.807, 2.05) is 4.72 Å². The third kappa shape index (κ3) is 2.48. The van der Waals surface area contributed by atoms with E-state index in [0.29, 0.717) is 19.3 Å². The molecule has 18 heavy (non-hydrogen) atoms. The van der Waals surface area contributed by atoms with Crippen LogP contribution >= 0.6 is 12.4 Å². The molecule has 2 fully saturated rings. The van der Waals surface area contributed by atoms with Gasteiger partial charge in [-0.1, -0.05) is 0 Å². The molecule has 2 rings (SSSR count). The summed E-state index contributed by atoms with van der Waals surface area (Å²) in [7, 11) is -3.64. The van der Waals surface area contributed by atoms with Gasteiger partial charge in [0.05, 0.1) is 17.0 Å². The van der Waals surface area contributed by atoms with E-state index in [9.17, 15) is 17.6 Å². The smallest absolute Gasteiger partial charge is 0.253 e. The maximum atomic E-state index is 12.1. The molecule has 0 unspecified atom stereocenters. The molecule has 0 aromatic rings. The molecule has 1 amide bonds. The van der Waals surface area contributed by atoms with Crippen LogP contribution in [-0.2, 0) is 14.8 Å². The van der Waals surface area contributed by atoms with E-state index in [1.165, 1.54) is 0 Å². The Bertz CT molecular complexity index is 452. The van der Waals surface area contributed by atoms with Gasteiger partial charge in [-0.15, -0.1) is 12.4 Å². The van der Waals surface area contributed by atoms with Crippen molar-refractivity contribution in [1.82, 2.24) is 4.72 Å². The molecule has 0 aliphatic heterocycles. The predicted octanol–water partition coefficient (Wildman–Crippen LogP) is 0.484. The molecule has 5 nitrogen and oxygen atoms in total. The van der Waals surface area contributed by atoms with Crippen LogP contribution in [-0.4, -0.2) is 31.3 Å². The van der Waals surface area contributed by atoms with Crippen LogP contribution < -0.4 is 10.5 Å². The van der Waals surface area contributed by atoms with Crippen molar-refractivity contribution in [3.05, 3.63) is 0 Å². The summed E-state index contributed by atoms with van der Waals surface area (Å²) in [5.74, 6) is -0.932. The van der Waals surface area contributed by atoms with Gasteiger partial charge in [-0.05, 0) is 38.5 Å². The van der Waals surface area contributed by atoms with Crippen LogP contribution in [0.1, 0.15) is 32.6 Å². The number of carbonyl (C=O) groups excluding carboxylic acids is 1. The summed E-state index contributed by atoms with van der Waals surface area (Å²) >= 11 is 0. The van der Waals surface area contributed by atoms with Gasteiger partial charge < -0.3 is 5.73 Å². The molecule has 0 bridgehead atoms. The Morgan fingerprint density at radius 3 is 2.50 bits per heavy atom. The molecule has 3 N–H and O–H groups in total. The summed E-state index contributed by atoms with van der Waals surface area (Å²) in [4.78, 5) is 11.8. The average molecular weight is 301 g/mol. The Hall–Kier alpha value is -0.400. The maximum Gasteiger partial charge on any atom is 0.253 e. The van der Waals surface area contributed by atoms with Gasteiger partial charge in [0.15, 0.2) is 0 Å². The fourth-order valence-electron chi connectivity index (χ4n) is 1.90. The number of alkyl halides is 1. The van der Waals surface area contributed by atoms with Gasteiger partial charge >= 0.3 is 0 Å². The summed E-state index contributed by atoms with van der Waals surface area (Å²) < 4.78 is 36.9. The highest BCUT2D eigenvalue weighted by atomic mass is 35.5. The zero-order valence-corrected chi connectivity index (χ0v) is 11.7. The van der Waals surface area contributed by atoms with Gasteiger partial charge in [-0.3, -0.25) is 13.9 Å². The average Bonchev–Trinajstić information content (AvgIpc) is 3.08. The molecule has 2 saturated carbocycles. The second-order valence-corrected chi connectivity index (χ2v) is 7.50. The van der Waals surface area contributed by atoms with Crippen LogP contribution in [0.5, 0.6) is 0 Å². The van der Waals surface area contributed by atoms with Crippen molar-refractivity contribution in [2.45, 2.75) is 42.9 Å². The van der Waals surface area contributed by atoms with Gasteiger partial charge in [-0.25, -0.2) is 8.42 Å². The fraction of sp³-hybridized carbons (Fsp3) is 0.900. The van der Waals surface area contributed by atoms with E-state index in [2.05, 4.69) is 0 Å². The summed E-state index contributed by atoms with van der Waals surface area (Å²) in [6, 6.07) is 0. The predicted molar refractivity (Wildman–Crippen MR) is 67.6 cm³/mol. The van der Waals surface area contributed by atoms with Crippen molar-refractivity contribution >= 4 is 28.3 Å². The summed E-state index contributed by atoms with van der Waals surface area (Å²) in [5, 5.41) is 0. The minimum absolute atomic E-state index is 0. The van der Waals surface area contributed by atoms with Crippen LogP contribution in [0.15, 0.2) is 0 Å². The topological polar surface area (TPSA) is 89.3 Å². The highest BCUT2D eigenvalue weighted by Crippen LogP contribution is 2.46. The van der Waals surface area contributed by atoms with Crippen LogP contribution in [0.3, 0.4) is 0 Å². The molecule has 0 aromatic heterocycles. The van der Waals surface area contributed by atoms with Crippen LogP contribution in [0.25, 0.3) is 0 Å². The first-order valence-corrected chi connectivity index (χ1v) is 7.15. The normalized spacial score (nSPS) is 32.3. The molecule has 2 aliphatic carbocycles. The van der Waals surface area contributed by atoms with Crippen LogP contribution in [0, 0.1) is 5.92 Å². The number of hydrogen-bond donors (Lipinski definition) is 2. The lowest BCUT2D eigenvalue weighted by molar-refractivity contribution is -0.121. The maximum absolute atomic E-state index is 12.1. The number of rotatable bonds is 5. The van der Waals surface area contributed by atoms with Crippen molar-refractivity contribution in [2.24, 2.45) is 11.7 Å². The Balaban J connectivity index is 0.00000162. The van der Waals surface area contributed by atoms with E-state index >= 15 is 0 Å². The fourth-order valence-corrected chi connectivity index (χ4v) is 3.22. The Kier molecular flexibility index (Phi) is 4.01. The SMILES string of the molecule is CC1(S(=O)(=O)NC(=O)[C@@]2(N)C[C@H]2CCF)CC1.Cl. The molecule has 8 heteroatoms. The van der Waals surface area contributed by atoms with E-state index in [1.54, 1.807) is 6.92 Å². The second kappa shape index (κ2) is 4.61. The van der Waals surface area contributed by atoms with Gasteiger partial charge in [0.1, 0.15) is 0 Å². The zero-order chi connectivity index (χ0) is 12.9. The van der Waals surface area contributed by atoms with Gasteiger partial charge in [0.25, 0.3) is 5.91 Å². The van der Waals surface area contributed by atoms with Crippen LogP contribution in [0.4, 0.5) is 4.39 Å². The van der Waals surface area contributed by atoms with E-state index in [4.69, 9.17) is 5.73 Å². The first kappa shape index (κ1) is 15.7. The number of carbonyl (C=O) groups is 1. The number of halogens is 2. The minimum Gasteiger partial charge on any atom is -0.317 e. The van der Waals surface area contributed by atoms with Gasteiger partial charge in [0, 0.05) is 0 Å². The monoisotopic (exact) mass is 300 g/mol. The molecule has 106 valence electrons. The largest absolute Gasteiger partial charge is 0.317 e. The molecule has 2 atom stereocenters. The second-order valence-electron chi connectivity index (χ2n) is 5.30. The number of hydrogen-bond acceptors (Lipinski definition) is 4. The molecule has 0 heterocycles. The molecule has 0 aromatic carbocycles. The summed E-state index contributed by atoms with van der Waals surface area (Å²) in [6.45, 7) is 1.05. The van der Waals surface area contributed by atoms with E-state index < -0.39 is 32.9 Å². The highest BCUT2D eigenvalue weighted by Gasteiger charge is 2.59. The Labute approximate surface area is 112 Å². The molecule has 2 aliphatic rings. The molecular weight excluding hydrogens is 283 g/mol. The van der Waals surface area contributed by atoms with E-state index in [0.717, 1.165) is 0 Å². The minimum atomic E-state index is -3.64. The lowest BCUT2D eigenvalue weighted by Crippen LogP contribution is -2.49. The summed E-state index contributed by atoms with van der Waals surface area (Å²) in [6.07, 6.45) is 1.68. The number of nitrogens with one attached hydrogen (secondary N) is 1. The van der Waals surface area contributed by atoms with Crippen molar-refractivity contribution < 1.29 is 17.6 Å². The van der Waals surface area contributed by atoms with Crippen molar-refractivity contribution in [3.63, 3.8) is 0 Å². The van der Waals surface area contributed by atoms with Gasteiger partial charge in [0.2, 0.25) is 10.0 Å². The lowest BCUT2D eigenvalue weighted by Gasteiger charge is -2.15. The number of sulfonamides is 1. The van der Waals surface area contributed by atoms with Crippen molar-refractivity contribution in [2.75, 3.05) is 6.67 Å². The molecule has 0 radical (unpaired) electrons. The highest BCUT2D eigenvalue weighted by molar-refractivity contribution is 7.91. The molecular formula is C10H18ClFN2O3S. The Morgan fingerprint density at radius 1 is 1.50 bits per heavy atom. The number of amides is 1. The molecule has 0 spiro atoms. The third-order valence-electron chi connectivity index (χ3n) is 3.86. The van der Waals surface area contributed by atoms with Crippen molar-refractivity contribution in [1.29, 1.82) is 0 Å². The number of nitrogens with two attached hydrogens (primary N) is 1. The lowest BCUT2D eigenvalue weighted by atomic mass is 10.2. The summed E-state index contributed by atoms with van der Waals surface area (Å²) in [5.41, 5.74) is 4.56. The Morgan fingerprint density at radius 2 is 2.06 bits per heavy atom. The standard InChI is InChI=1S/C10H17FN2O3S.ClH/c1-9(3-4-9)17(15,16)13-8(14)10(12)6-7(10)2-5-11;/h7H,2-6,12H2,1H3,(H,13,14);1H/t7-,10-;/m1./s1. The first-order chi connectivity index (χ1) is 7.75. The molecule has 0 saturated heterocycles. The van der Waals surface area contributed by atoms with E-state index in [-0.39, 0.29) is 24.7 Å². The third-order valence-corrected chi connectivity index (χ3v) is 6.02. The van der Waals surface area contributed by atoms with Crippen molar-refractivity contribution in [3.8, 4) is 0 Å². The van der Waals surface area contributed by atoms with Gasteiger partial charge in [-0.2, -0.15) is 0 Å².